The van der Waals surface area contributed by atoms with Crippen LogP contribution in [0.15, 0.2) is 24.5 Å². The van der Waals surface area contributed by atoms with E-state index in [1.807, 2.05) is 25.3 Å². The van der Waals surface area contributed by atoms with Crippen LogP contribution in [0, 0.1) is 5.41 Å². The molecule has 0 radical (unpaired) electrons. The van der Waals surface area contributed by atoms with Crippen molar-refractivity contribution in [1.82, 2.24) is 4.98 Å². The SMILES string of the molecule is CCOC(=O)C(C)(CN)CCc1cccnc1. The lowest BCUT2D eigenvalue weighted by Gasteiger charge is -2.25. The Balaban J connectivity index is 2.60. The zero-order chi connectivity index (χ0) is 12.7. The fraction of sp³-hybridized carbons (Fsp3) is 0.538. The summed E-state index contributed by atoms with van der Waals surface area (Å²) in [4.78, 5) is 15.8. The number of hydrogen-bond donors (Lipinski definition) is 1. The molecule has 0 saturated carbocycles. The number of nitrogens with zero attached hydrogens (tertiary/aromatic N) is 1. The van der Waals surface area contributed by atoms with Crippen molar-refractivity contribution in [3.05, 3.63) is 30.1 Å². The summed E-state index contributed by atoms with van der Waals surface area (Å²) in [7, 11) is 0. The van der Waals surface area contributed by atoms with Gasteiger partial charge in [-0.05, 0) is 38.3 Å². The molecule has 0 aliphatic heterocycles. The number of hydrogen-bond acceptors (Lipinski definition) is 4. The smallest absolute Gasteiger partial charge is 0.313 e. The molecule has 0 fully saturated rings. The molecule has 0 amide bonds. The first kappa shape index (κ1) is 13.6. The molecule has 1 atom stereocenters. The molecule has 1 unspecified atom stereocenters. The van der Waals surface area contributed by atoms with E-state index in [0.29, 0.717) is 19.6 Å². The third kappa shape index (κ3) is 3.82. The van der Waals surface area contributed by atoms with Gasteiger partial charge in [0.1, 0.15) is 0 Å². The second-order valence-electron chi connectivity index (χ2n) is 4.35. The second kappa shape index (κ2) is 6.35. The number of carbonyl (C=O) groups is 1. The number of pyridine rings is 1. The summed E-state index contributed by atoms with van der Waals surface area (Å²) in [5, 5.41) is 0. The second-order valence-corrected chi connectivity index (χ2v) is 4.35. The highest BCUT2D eigenvalue weighted by Crippen LogP contribution is 2.24. The molecule has 2 N–H and O–H groups in total. The highest BCUT2D eigenvalue weighted by atomic mass is 16.5. The molecular formula is C13H20N2O2. The van der Waals surface area contributed by atoms with E-state index in [2.05, 4.69) is 4.98 Å². The number of rotatable bonds is 6. The van der Waals surface area contributed by atoms with Crippen molar-refractivity contribution in [3.63, 3.8) is 0 Å². The molecule has 0 aliphatic rings. The summed E-state index contributed by atoms with van der Waals surface area (Å²) in [5.74, 6) is -0.216. The summed E-state index contributed by atoms with van der Waals surface area (Å²) < 4.78 is 5.05. The molecule has 17 heavy (non-hydrogen) atoms. The molecule has 0 bridgehead atoms. The van der Waals surface area contributed by atoms with Crippen molar-refractivity contribution in [2.45, 2.75) is 26.7 Å². The zero-order valence-corrected chi connectivity index (χ0v) is 10.5. The van der Waals surface area contributed by atoms with Gasteiger partial charge in [0.25, 0.3) is 0 Å². The molecule has 0 aromatic carbocycles. The van der Waals surface area contributed by atoms with Crippen LogP contribution in [0.25, 0.3) is 0 Å². The van der Waals surface area contributed by atoms with Crippen LogP contribution < -0.4 is 5.73 Å². The Hall–Kier alpha value is -1.42. The van der Waals surface area contributed by atoms with E-state index < -0.39 is 5.41 Å². The van der Waals surface area contributed by atoms with Crippen molar-refractivity contribution < 1.29 is 9.53 Å². The van der Waals surface area contributed by atoms with E-state index >= 15 is 0 Å². The Bertz CT molecular complexity index is 354. The number of esters is 1. The largest absolute Gasteiger partial charge is 0.466 e. The van der Waals surface area contributed by atoms with Crippen molar-refractivity contribution in [3.8, 4) is 0 Å². The highest BCUT2D eigenvalue weighted by molar-refractivity contribution is 5.76. The fourth-order valence-electron chi connectivity index (χ4n) is 1.56. The third-order valence-corrected chi connectivity index (χ3v) is 2.91. The van der Waals surface area contributed by atoms with E-state index in [-0.39, 0.29) is 5.97 Å². The van der Waals surface area contributed by atoms with Crippen LogP contribution in [-0.2, 0) is 16.0 Å². The average molecular weight is 236 g/mol. The predicted octanol–water partition coefficient (Wildman–Crippen LogP) is 1.54. The van der Waals surface area contributed by atoms with E-state index in [4.69, 9.17) is 10.5 Å². The van der Waals surface area contributed by atoms with Crippen LogP contribution in [0.3, 0.4) is 0 Å². The van der Waals surface area contributed by atoms with Gasteiger partial charge in [-0.2, -0.15) is 0 Å². The van der Waals surface area contributed by atoms with Gasteiger partial charge < -0.3 is 10.5 Å². The topological polar surface area (TPSA) is 65.2 Å². The maximum atomic E-state index is 11.8. The summed E-state index contributed by atoms with van der Waals surface area (Å²) in [6, 6.07) is 3.88. The molecule has 1 aromatic heterocycles. The van der Waals surface area contributed by atoms with Gasteiger partial charge in [0, 0.05) is 18.9 Å². The standard InChI is InChI=1S/C13H20N2O2/c1-3-17-12(16)13(2,10-14)7-6-11-5-4-8-15-9-11/h4-5,8-9H,3,6-7,10,14H2,1-2H3. The van der Waals surface area contributed by atoms with Gasteiger partial charge in [0.15, 0.2) is 0 Å². The van der Waals surface area contributed by atoms with Crippen molar-refractivity contribution in [1.29, 1.82) is 0 Å². The molecule has 0 saturated heterocycles. The Morgan fingerprint density at radius 2 is 2.35 bits per heavy atom. The first-order valence-corrected chi connectivity index (χ1v) is 5.88. The number of aromatic nitrogens is 1. The number of aryl methyl sites for hydroxylation is 1. The van der Waals surface area contributed by atoms with E-state index in [0.717, 1.165) is 12.0 Å². The Labute approximate surface area is 102 Å². The van der Waals surface area contributed by atoms with E-state index in [1.165, 1.54) is 0 Å². The van der Waals surface area contributed by atoms with Crippen LogP contribution in [0.5, 0.6) is 0 Å². The van der Waals surface area contributed by atoms with Crippen molar-refractivity contribution in [2.75, 3.05) is 13.2 Å². The Morgan fingerprint density at radius 1 is 1.59 bits per heavy atom. The molecule has 0 spiro atoms. The molecule has 1 aromatic rings. The minimum Gasteiger partial charge on any atom is -0.466 e. The van der Waals surface area contributed by atoms with Gasteiger partial charge in [-0.15, -0.1) is 0 Å². The maximum absolute atomic E-state index is 11.8. The highest BCUT2D eigenvalue weighted by Gasteiger charge is 2.32. The lowest BCUT2D eigenvalue weighted by atomic mass is 9.84. The number of nitrogens with two attached hydrogens (primary N) is 1. The summed E-state index contributed by atoms with van der Waals surface area (Å²) >= 11 is 0. The lowest BCUT2D eigenvalue weighted by Crippen LogP contribution is -2.37. The first-order valence-electron chi connectivity index (χ1n) is 5.88. The average Bonchev–Trinajstić information content (AvgIpc) is 2.37. The zero-order valence-electron chi connectivity index (χ0n) is 10.5. The number of ether oxygens (including phenoxy) is 1. The summed E-state index contributed by atoms with van der Waals surface area (Å²) in [6.45, 7) is 4.34. The van der Waals surface area contributed by atoms with Gasteiger partial charge in [-0.25, -0.2) is 0 Å². The molecular weight excluding hydrogens is 216 g/mol. The fourth-order valence-corrected chi connectivity index (χ4v) is 1.56. The van der Waals surface area contributed by atoms with Crippen LogP contribution in [-0.4, -0.2) is 24.1 Å². The molecule has 1 heterocycles. The van der Waals surface area contributed by atoms with Gasteiger partial charge in [-0.1, -0.05) is 6.07 Å². The lowest BCUT2D eigenvalue weighted by molar-refractivity contribution is -0.154. The third-order valence-electron chi connectivity index (χ3n) is 2.91. The maximum Gasteiger partial charge on any atom is 0.313 e. The van der Waals surface area contributed by atoms with Crippen LogP contribution in [0.1, 0.15) is 25.8 Å². The van der Waals surface area contributed by atoms with E-state index in [9.17, 15) is 4.79 Å². The minimum atomic E-state index is -0.605. The van der Waals surface area contributed by atoms with Crippen LogP contribution >= 0.6 is 0 Å². The Morgan fingerprint density at radius 3 is 2.88 bits per heavy atom. The summed E-state index contributed by atoms with van der Waals surface area (Å²) in [5.41, 5.74) is 6.19. The molecule has 94 valence electrons. The monoisotopic (exact) mass is 236 g/mol. The van der Waals surface area contributed by atoms with Crippen LogP contribution in [0.2, 0.25) is 0 Å². The van der Waals surface area contributed by atoms with Crippen molar-refractivity contribution in [2.24, 2.45) is 11.1 Å². The minimum absolute atomic E-state index is 0.216. The van der Waals surface area contributed by atoms with Gasteiger partial charge in [0.05, 0.1) is 12.0 Å². The normalized spacial score (nSPS) is 14.1. The first-order chi connectivity index (χ1) is 8.12. The Kier molecular flexibility index (Phi) is 5.10. The van der Waals surface area contributed by atoms with Crippen molar-refractivity contribution >= 4 is 5.97 Å². The molecule has 0 aliphatic carbocycles. The molecule has 4 heteroatoms. The van der Waals surface area contributed by atoms with Crippen LogP contribution in [0.4, 0.5) is 0 Å². The van der Waals surface area contributed by atoms with Gasteiger partial charge in [0.2, 0.25) is 0 Å². The summed E-state index contributed by atoms with van der Waals surface area (Å²) in [6.07, 6.45) is 4.99. The van der Waals surface area contributed by atoms with Gasteiger partial charge in [-0.3, -0.25) is 9.78 Å². The molecule has 1 rings (SSSR count). The molecule has 4 nitrogen and oxygen atoms in total. The van der Waals surface area contributed by atoms with Gasteiger partial charge >= 0.3 is 5.97 Å². The quantitative estimate of drug-likeness (QED) is 0.761. The number of carbonyl (C=O) groups excluding carboxylic acids is 1. The van der Waals surface area contributed by atoms with E-state index in [1.54, 1.807) is 13.1 Å². The predicted molar refractivity (Wildman–Crippen MR) is 66.4 cm³/mol.